The van der Waals surface area contributed by atoms with Crippen LogP contribution in [0.15, 0.2) is 60.7 Å². The first kappa shape index (κ1) is 24.0. The van der Waals surface area contributed by atoms with Gasteiger partial charge in [-0.2, -0.15) is 0 Å². The molecule has 2 aromatic rings. The Kier molecular flexibility index (Phi) is 7.06. The topological polar surface area (TPSA) is 44.4 Å². The van der Waals surface area contributed by atoms with Crippen LogP contribution in [0.3, 0.4) is 0 Å². The lowest BCUT2D eigenvalue weighted by atomic mass is 9.53. The molecule has 4 bridgehead atoms. The first-order valence-electron chi connectivity index (χ1n) is 14.5. The van der Waals surface area contributed by atoms with Gasteiger partial charge in [-0.3, -0.25) is 4.90 Å². The Morgan fingerprint density at radius 1 is 0.861 bits per heavy atom. The number of likely N-dealkylation sites (tertiary alicyclic amines) is 1. The standard InChI is InChI=1S/C32H43N3O/c36-31(34-32-21-26-18-27(22-32)20-28(19-26)23-32)33-14-11-30(29-9-5-2-6-10-29)35-15-12-25(13-16-35)17-24-7-3-1-4-8-24/h1-10,25-28,30H,11-23H2,(H2,33,34,36). The Balaban J connectivity index is 1.02. The largest absolute Gasteiger partial charge is 0.338 e. The molecule has 1 aliphatic heterocycles. The normalized spacial score (nSPS) is 30.7. The quantitative estimate of drug-likeness (QED) is 0.458. The minimum Gasteiger partial charge on any atom is -0.338 e. The highest BCUT2D eigenvalue weighted by atomic mass is 16.2. The molecular weight excluding hydrogens is 442 g/mol. The molecule has 1 unspecified atom stereocenters. The van der Waals surface area contributed by atoms with Crippen LogP contribution in [0.2, 0.25) is 0 Å². The number of carbonyl (C=O) groups is 1. The summed E-state index contributed by atoms with van der Waals surface area (Å²) in [6, 6.07) is 22.3. The van der Waals surface area contributed by atoms with E-state index in [-0.39, 0.29) is 11.6 Å². The van der Waals surface area contributed by atoms with Gasteiger partial charge < -0.3 is 10.6 Å². The van der Waals surface area contributed by atoms with Crippen molar-refractivity contribution < 1.29 is 4.79 Å². The predicted molar refractivity (Wildman–Crippen MR) is 146 cm³/mol. The van der Waals surface area contributed by atoms with Gasteiger partial charge in [-0.1, -0.05) is 60.7 Å². The predicted octanol–water partition coefficient (Wildman–Crippen LogP) is 6.34. The molecule has 1 saturated heterocycles. The fourth-order valence-corrected chi connectivity index (χ4v) is 8.52. The highest BCUT2D eigenvalue weighted by molar-refractivity contribution is 5.74. The average molecular weight is 486 g/mol. The summed E-state index contributed by atoms with van der Waals surface area (Å²) in [4.78, 5) is 15.7. The van der Waals surface area contributed by atoms with Crippen molar-refractivity contribution in [2.24, 2.45) is 23.7 Å². The van der Waals surface area contributed by atoms with E-state index in [0.717, 1.165) is 49.7 Å². The molecule has 192 valence electrons. The Hall–Kier alpha value is -2.33. The van der Waals surface area contributed by atoms with E-state index in [1.165, 1.54) is 68.9 Å². The van der Waals surface area contributed by atoms with Gasteiger partial charge in [-0.25, -0.2) is 4.79 Å². The van der Waals surface area contributed by atoms with Gasteiger partial charge in [0, 0.05) is 18.1 Å². The first-order chi connectivity index (χ1) is 17.6. The molecule has 4 aliphatic carbocycles. The van der Waals surface area contributed by atoms with Crippen molar-refractivity contribution in [2.45, 2.75) is 75.8 Å². The molecule has 1 atom stereocenters. The van der Waals surface area contributed by atoms with Crippen molar-refractivity contribution >= 4 is 6.03 Å². The van der Waals surface area contributed by atoms with E-state index in [4.69, 9.17) is 0 Å². The Labute approximate surface area is 217 Å². The van der Waals surface area contributed by atoms with E-state index in [9.17, 15) is 4.79 Å². The summed E-state index contributed by atoms with van der Waals surface area (Å²) in [5.41, 5.74) is 2.92. The van der Waals surface area contributed by atoms with E-state index < -0.39 is 0 Å². The number of hydrogen-bond donors (Lipinski definition) is 2. The lowest BCUT2D eigenvalue weighted by Gasteiger charge is -2.56. The summed E-state index contributed by atoms with van der Waals surface area (Å²) in [5, 5.41) is 6.74. The summed E-state index contributed by atoms with van der Waals surface area (Å²) in [6.45, 7) is 2.99. The molecule has 2 N–H and O–H groups in total. The van der Waals surface area contributed by atoms with Crippen LogP contribution in [0.4, 0.5) is 4.79 Å². The Morgan fingerprint density at radius 2 is 1.44 bits per heavy atom. The number of benzene rings is 2. The molecular formula is C32H43N3O. The number of urea groups is 1. The van der Waals surface area contributed by atoms with Crippen molar-refractivity contribution in [3.05, 3.63) is 71.8 Å². The van der Waals surface area contributed by atoms with Crippen LogP contribution in [-0.4, -0.2) is 36.1 Å². The van der Waals surface area contributed by atoms with Crippen LogP contribution in [0, 0.1) is 23.7 Å². The summed E-state index contributed by atoms with van der Waals surface area (Å²) in [7, 11) is 0. The maximum Gasteiger partial charge on any atom is 0.315 e. The minimum absolute atomic E-state index is 0.0605. The molecule has 2 aromatic carbocycles. The number of rotatable bonds is 8. The van der Waals surface area contributed by atoms with Crippen molar-refractivity contribution in [3.63, 3.8) is 0 Å². The van der Waals surface area contributed by atoms with E-state index in [1.807, 2.05) is 0 Å². The van der Waals surface area contributed by atoms with Gasteiger partial charge in [0.05, 0.1) is 0 Å². The number of nitrogens with zero attached hydrogens (tertiary/aromatic N) is 1. The van der Waals surface area contributed by atoms with Gasteiger partial charge in [-0.05, 0) is 112 Å². The number of carbonyl (C=O) groups excluding carboxylic acids is 1. The molecule has 5 aliphatic rings. The van der Waals surface area contributed by atoms with Gasteiger partial charge in [0.25, 0.3) is 0 Å². The third kappa shape index (κ3) is 5.49. The van der Waals surface area contributed by atoms with Gasteiger partial charge in [0.15, 0.2) is 0 Å². The number of piperidine rings is 1. The molecule has 0 aromatic heterocycles. The summed E-state index contributed by atoms with van der Waals surface area (Å²) in [5.74, 6) is 3.32. The SMILES string of the molecule is O=C(NCCC(c1ccccc1)N1CCC(Cc2ccccc2)CC1)NC12CC3CC(CC(C3)C1)C2. The summed E-state index contributed by atoms with van der Waals surface area (Å²) >= 11 is 0. The van der Waals surface area contributed by atoms with Crippen molar-refractivity contribution in [1.29, 1.82) is 0 Å². The summed E-state index contributed by atoms with van der Waals surface area (Å²) < 4.78 is 0. The van der Waals surface area contributed by atoms with Crippen LogP contribution >= 0.6 is 0 Å². The maximum absolute atomic E-state index is 13.0. The molecule has 4 heteroatoms. The van der Waals surface area contributed by atoms with E-state index in [1.54, 1.807) is 0 Å². The van der Waals surface area contributed by atoms with Crippen molar-refractivity contribution in [3.8, 4) is 0 Å². The van der Waals surface area contributed by atoms with Gasteiger partial charge in [0.1, 0.15) is 0 Å². The van der Waals surface area contributed by atoms with Crippen LogP contribution in [0.1, 0.15) is 75.0 Å². The molecule has 0 radical (unpaired) electrons. The maximum atomic E-state index is 13.0. The highest BCUT2D eigenvalue weighted by Crippen LogP contribution is 2.55. The van der Waals surface area contributed by atoms with Gasteiger partial charge in [0.2, 0.25) is 0 Å². The fourth-order valence-electron chi connectivity index (χ4n) is 8.52. The molecule has 4 nitrogen and oxygen atoms in total. The van der Waals surface area contributed by atoms with Crippen LogP contribution in [-0.2, 0) is 6.42 Å². The van der Waals surface area contributed by atoms with Crippen molar-refractivity contribution in [2.75, 3.05) is 19.6 Å². The van der Waals surface area contributed by atoms with E-state index in [0.29, 0.717) is 6.04 Å². The average Bonchev–Trinajstić information content (AvgIpc) is 2.87. The molecule has 1 heterocycles. The smallest absolute Gasteiger partial charge is 0.315 e. The zero-order valence-electron chi connectivity index (χ0n) is 21.7. The second-order valence-electron chi connectivity index (χ2n) is 12.5. The van der Waals surface area contributed by atoms with Crippen LogP contribution < -0.4 is 10.6 Å². The number of nitrogens with one attached hydrogen (secondary N) is 2. The third-order valence-corrected chi connectivity index (χ3v) is 9.76. The molecule has 7 rings (SSSR count). The minimum atomic E-state index is 0.0605. The zero-order chi connectivity index (χ0) is 24.4. The van der Waals surface area contributed by atoms with Gasteiger partial charge in [-0.15, -0.1) is 0 Å². The molecule has 36 heavy (non-hydrogen) atoms. The van der Waals surface area contributed by atoms with Crippen LogP contribution in [0.25, 0.3) is 0 Å². The lowest BCUT2D eigenvalue weighted by molar-refractivity contribution is -0.0135. The van der Waals surface area contributed by atoms with Crippen LogP contribution in [0.5, 0.6) is 0 Å². The molecule has 4 saturated carbocycles. The van der Waals surface area contributed by atoms with Gasteiger partial charge >= 0.3 is 6.03 Å². The Morgan fingerprint density at radius 3 is 2.06 bits per heavy atom. The first-order valence-corrected chi connectivity index (χ1v) is 14.5. The lowest BCUT2D eigenvalue weighted by Crippen LogP contribution is -2.61. The van der Waals surface area contributed by atoms with E-state index >= 15 is 0 Å². The number of hydrogen-bond acceptors (Lipinski definition) is 2. The second kappa shape index (κ2) is 10.6. The number of amides is 2. The molecule has 2 amide bonds. The highest BCUT2D eigenvalue weighted by Gasteiger charge is 2.51. The summed E-state index contributed by atoms with van der Waals surface area (Å²) in [6.07, 6.45) is 12.5. The second-order valence-corrected chi connectivity index (χ2v) is 12.5. The molecule has 5 fully saturated rings. The van der Waals surface area contributed by atoms with E-state index in [2.05, 4.69) is 76.2 Å². The fraction of sp³-hybridized carbons (Fsp3) is 0.594. The third-order valence-electron chi connectivity index (χ3n) is 9.76. The van der Waals surface area contributed by atoms with Crippen molar-refractivity contribution in [1.82, 2.24) is 15.5 Å². The molecule has 0 spiro atoms. The monoisotopic (exact) mass is 485 g/mol. The zero-order valence-corrected chi connectivity index (χ0v) is 21.7. The Bertz CT molecular complexity index is 963.